The molecule has 2 rings (SSSR count). The van der Waals surface area contributed by atoms with Gasteiger partial charge in [0.2, 0.25) is 0 Å². The standard InChI is InChI=1S/C16H20N2O/c1-12-4-3-5-13(2)15(12)10-18-11-16(19)14-6-8-17-9-7-14/h3-9,16,18-19H,10-11H2,1-2H3/t16-/m0/s1. The number of pyridine rings is 1. The van der Waals surface area contributed by atoms with Crippen LogP contribution in [0, 0.1) is 13.8 Å². The number of nitrogens with zero attached hydrogens (tertiary/aromatic N) is 1. The average molecular weight is 256 g/mol. The van der Waals surface area contributed by atoms with Gasteiger partial charge in [0.05, 0.1) is 6.10 Å². The number of hydrogen-bond acceptors (Lipinski definition) is 3. The lowest BCUT2D eigenvalue weighted by Crippen LogP contribution is -2.22. The summed E-state index contributed by atoms with van der Waals surface area (Å²) in [5, 5.41) is 13.4. The van der Waals surface area contributed by atoms with Gasteiger partial charge in [0.1, 0.15) is 0 Å². The minimum Gasteiger partial charge on any atom is -0.387 e. The predicted octanol–water partition coefficient (Wildman–Crippen LogP) is 2.52. The molecule has 1 aromatic carbocycles. The Hall–Kier alpha value is -1.71. The molecule has 19 heavy (non-hydrogen) atoms. The van der Waals surface area contributed by atoms with Gasteiger partial charge in [-0.25, -0.2) is 0 Å². The Bertz CT molecular complexity index is 505. The van der Waals surface area contributed by atoms with Crippen molar-refractivity contribution in [2.24, 2.45) is 0 Å². The highest BCUT2D eigenvalue weighted by molar-refractivity contribution is 5.33. The Morgan fingerprint density at radius 3 is 2.37 bits per heavy atom. The van der Waals surface area contributed by atoms with E-state index in [0.29, 0.717) is 6.54 Å². The Balaban J connectivity index is 1.90. The number of nitrogens with one attached hydrogen (secondary N) is 1. The molecule has 0 saturated carbocycles. The summed E-state index contributed by atoms with van der Waals surface area (Å²) >= 11 is 0. The minimum absolute atomic E-state index is 0.493. The van der Waals surface area contributed by atoms with Crippen molar-refractivity contribution in [3.63, 3.8) is 0 Å². The van der Waals surface area contributed by atoms with Crippen LogP contribution in [0.5, 0.6) is 0 Å². The van der Waals surface area contributed by atoms with Crippen molar-refractivity contribution in [2.75, 3.05) is 6.54 Å². The van der Waals surface area contributed by atoms with E-state index in [9.17, 15) is 5.11 Å². The first kappa shape index (κ1) is 13.7. The fourth-order valence-electron chi connectivity index (χ4n) is 2.17. The molecule has 0 amide bonds. The molecule has 0 unspecified atom stereocenters. The van der Waals surface area contributed by atoms with Crippen molar-refractivity contribution in [3.05, 3.63) is 65.0 Å². The summed E-state index contributed by atoms with van der Waals surface area (Å²) < 4.78 is 0. The second kappa shape index (κ2) is 6.45. The maximum absolute atomic E-state index is 10.0. The van der Waals surface area contributed by atoms with E-state index in [1.54, 1.807) is 12.4 Å². The fraction of sp³-hybridized carbons (Fsp3) is 0.312. The van der Waals surface area contributed by atoms with E-state index in [1.165, 1.54) is 16.7 Å². The molecule has 0 aliphatic rings. The third kappa shape index (κ3) is 3.63. The van der Waals surface area contributed by atoms with Gasteiger partial charge in [0.25, 0.3) is 0 Å². The first-order valence-corrected chi connectivity index (χ1v) is 6.52. The molecule has 0 spiro atoms. The SMILES string of the molecule is Cc1cccc(C)c1CNC[C@H](O)c1ccncc1. The smallest absolute Gasteiger partial charge is 0.0915 e. The minimum atomic E-state index is -0.493. The summed E-state index contributed by atoms with van der Waals surface area (Å²) in [4.78, 5) is 3.95. The molecule has 2 aromatic rings. The van der Waals surface area contributed by atoms with E-state index in [4.69, 9.17) is 0 Å². The molecule has 1 heterocycles. The Kier molecular flexibility index (Phi) is 4.66. The quantitative estimate of drug-likeness (QED) is 0.864. The monoisotopic (exact) mass is 256 g/mol. The molecule has 2 N–H and O–H groups in total. The van der Waals surface area contributed by atoms with Crippen LogP contribution in [0.15, 0.2) is 42.7 Å². The summed E-state index contributed by atoms with van der Waals surface area (Å²) in [5.41, 5.74) is 4.77. The van der Waals surface area contributed by atoms with Gasteiger partial charge >= 0.3 is 0 Å². The van der Waals surface area contributed by atoms with Crippen LogP contribution in [-0.2, 0) is 6.54 Å². The zero-order valence-electron chi connectivity index (χ0n) is 11.4. The van der Waals surface area contributed by atoms with E-state index >= 15 is 0 Å². The summed E-state index contributed by atoms with van der Waals surface area (Å²) in [5.74, 6) is 0. The molecular formula is C16H20N2O. The van der Waals surface area contributed by atoms with Gasteiger partial charge in [-0.1, -0.05) is 18.2 Å². The van der Waals surface area contributed by atoms with Gasteiger partial charge in [0, 0.05) is 25.5 Å². The second-order valence-electron chi connectivity index (χ2n) is 4.80. The topological polar surface area (TPSA) is 45.1 Å². The number of aryl methyl sites for hydroxylation is 2. The molecule has 100 valence electrons. The normalized spacial score (nSPS) is 12.4. The average Bonchev–Trinajstić information content (AvgIpc) is 2.43. The van der Waals surface area contributed by atoms with Crippen LogP contribution in [0.2, 0.25) is 0 Å². The molecule has 0 saturated heterocycles. The van der Waals surface area contributed by atoms with E-state index in [1.807, 2.05) is 12.1 Å². The van der Waals surface area contributed by atoms with Crippen molar-refractivity contribution in [1.29, 1.82) is 0 Å². The number of rotatable bonds is 5. The largest absolute Gasteiger partial charge is 0.387 e. The van der Waals surface area contributed by atoms with E-state index in [2.05, 4.69) is 42.3 Å². The molecule has 1 atom stereocenters. The molecule has 0 aliphatic carbocycles. The lowest BCUT2D eigenvalue weighted by molar-refractivity contribution is 0.174. The number of hydrogen-bond donors (Lipinski definition) is 2. The fourth-order valence-corrected chi connectivity index (χ4v) is 2.17. The summed E-state index contributed by atoms with van der Waals surface area (Å²) in [6.45, 7) is 5.55. The molecular weight excluding hydrogens is 236 g/mol. The van der Waals surface area contributed by atoms with Crippen LogP contribution in [0.25, 0.3) is 0 Å². The maximum atomic E-state index is 10.0. The lowest BCUT2D eigenvalue weighted by atomic mass is 10.0. The van der Waals surface area contributed by atoms with Gasteiger partial charge in [-0.15, -0.1) is 0 Å². The van der Waals surface area contributed by atoms with Gasteiger partial charge in [-0.3, -0.25) is 4.98 Å². The molecule has 0 bridgehead atoms. The number of benzene rings is 1. The van der Waals surface area contributed by atoms with Crippen molar-refractivity contribution < 1.29 is 5.11 Å². The molecule has 3 heteroatoms. The zero-order chi connectivity index (χ0) is 13.7. The van der Waals surface area contributed by atoms with Gasteiger partial charge in [0.15, 0.2) is 0 Å². The highest BCUT2D eigenvalue weighted by atomic mass is 16.3. The second-order valence-corrected chi connectivity index (χ2v) is 4.80. The van der Waals surface area contributed by atoms with Crippen LogP contribution < -0.4 is 5.32 Å². The first-order chi connectivity index (χ1) is 9.18. The Morgan fingerprint density at radius 1 is 1.11 bits per heavy atom. The molecule has 0 fully saturated rings. The maximum Gasteiger partial charge on any atom is 0.0915 e. The highest BCUT2D eigenvalue weighted by Crippen LogP contribution is 2.14. The van der Waals surface area contributed by atoms with Crippen LogP contribution in [0.4, 0.5) is 0 Å². The van der Waals surface area contributed by atoms with Crippen LogP contribution in [-0.4, -0.2) is 16.6 Å². The molecule has 1 aromatic heterocycles. The van der Waals surface area contributed by atoms with Crippen molar-refractivity contribution in [2.45, 2.75) is 26.5 Å². The first-order valence-electron chi connectivity index (χ1n) is 6.52. The van der Waals surface area contributed by atoms with Gasteiger partial charge in [-0.05, 0) is 48.2 Å². The summed E-state index contributed by atoms with van der Waals surface area (Å²) in [6, 6.07) is 9.98. The van der Waals surface area contributed by atoms with Crippen molar-refractivity contribution in [3.8, 4) is 0 Å². The number of aromatic nitrogens is 1. The molecule has 3 nitrogen and oxygen atoms in total. The third-order valence-electron chi connectivity index (χ3n) is 3.37. The lowest BCUT2D eigenvalue weighted by Gasteiger charge is -2.14. The van der Waals surface area contributed by atoms with E-state index in [-0.39, 0.29) is 0 Å². The van der Waals surface area contributed by atoms with Gasteiger partial charge in [-0.2, -0.15) is 0 Å². The summed E-state index contributed by atoms with van der Waals surface area (Å²) in [7, 11) is 0. The Morgan fingerprint density at radius 2 is 1.74 bits per heavy atom. The summed E-state index contributed by atoms with van der Waals surface area (Å²) in [6.07, 6.45) is 2.90. The van der Waals surface area contributed by atoms with Crippen molar-refractivity contribution >= 4 is 0 Å². The zero-order valence-corrected chi connectivity index (χ0v) is 11.4. The highest BCUT2D eigenvalue weighted by Gasteiger charge is 2.07. The van der Waals surface area contributed by atoms with Crippen LogP contribution >= 0.6 is 0 Å². The Labute approximate surface area is 114 Å². The number of aliphatic hydroxyl groups excluding tert-OH is 1. The van der Waals surface area contributed by atoms with E-state index < -0.39 is 6.10 Å². The predicted molar refractivity (Wildman–Crippen MR) is 76.8 cm³/mol. The molecule has 0 radical (unpaired) electrons. The third-order valence-corrected chi connectivity index (χ3v) is 3.37. The van der Waals surface area contributed by atoms with Gasteiger partial charge < -0.3 is 10.4 Å². The van der Waals surface area contributed by atoms with Crippen LogP contribution in [0.3, 0.4) is 0 Å². The van der Waals surface area contributed by atoms with Crippen LogP contribution in [0.1, 0.15) is 28.4 Å². The molecule has 0 aliphatic heterocycles. The number of aliphatic hydroxyl groups is 1. The van der Waals surface area contributed by atoms with E-state index in [0.717, 1.165) is 12.1 Å². The van der Waals surface area contributed by atoms with Crippen molar-refractivity contribution in [1.82, 2.24) is 10.3 Å².